The summed E-state index contributed by atoms with van der Waals surface area (Å²) in [7, 11) is -2.12. The normalized spacial score (nSPS) is 15.6. The zero-order chi connectivity index (χ0) is 27.4. The Morgan fingerprint density at radius 2 is 1.95 bits per heavy atom. The van der Waals surface area contributed by atoms with Crippen molar-refractivity contribution < 1.29 is 23.5 Å². The van der Waals surface area contributed by atoms with E-state index in [0.717, 1.165) is 12.0 Å². The Labute approximate surface area is 221 Å². The van der Waals surface area contributed by atoms with E-state index < -0.39 is 15.6 Å². The van der Waals surface area contributed by atoms with Crippen LogP contribution in [0.5, 0.6) is 5.75 Å². The zero-order valence-corrected chi connectivity index (χ0v) is 22.7. The Morgan fingerprint density at radius 1 is 1.21 bits per heavy atom. The number of aliphatic hydroxyl groups excluding tert-OH is 1. The number of aromatic amines is 1. The van der Waals surface area contributed by atoms with Crippen molar-refractivity contribution in [3.05, 3.63) is 39.8 Å². The molecule has 13 heteroatoms. The number of rotatable bonds is 10. The summed E-state index contributed by atoms with van der Waals surface area (Å²) in [5, 5.41) is 21.5. The minimum atomic E-state index is -3.82. The molecular weight excluding hydrogens is 512 g/mol. The van der Waals surface area contributed by atoms with E-state index in [4.69, 9.17) is 9.72 Å². The Morgan fingerprint density at radius 3 is 2.58 bits per heavy atom. The van der Waals surface area contributed by atoms with Crippen molar-refractivity contribution >= 4 is 27.3 Å². The average Bonchev–Trinajstić information content (AvgIpc) is 3.16. The first-order valence-corrected chi connectivity index (χ1v) is 14.1. The standard InChI is InChI=1S/C25H34N6O6S/c1-4-6-18-20(16-26-34)29(3)23-22(18)27-24(28-25(23)33)19-15-17(7-8-21(19)37-5-2)38(35,36)31-11-9-30(10-12-31)13-14-32/h7-8,15-16,32,34H,4-6,9-14H2,1-3H3,(H,27,28,33). The molecule has 3 N–H and O–H groups in total. The average molecular weight is 547 g/mol. The number of nitrogens with one attached hydrogen (secondary N) is 1. The molecule has 1 aliphatic rings. The number of piperazine rings is 1. The van der Waals surface area contributed by atoms with Crippen LogP contribution in [0.2, 0.25) is 0 Å². The molecule has 206 valence electrons. The van der Waals surface area contributed by atoms with Gasteiger partial charge in [0.2, 0.25) is 10.0 Å². The van der Waals surface area contributed by atoms with Gasteiger partial charge in [-0.3, -0.25) is 9.69 Å². The van der Waals surface area contributed by atoms with Gasteiger partial charge in [-0.1, -0.05) is 18.5 Å². The van der Waals surface area contributed by atoms with E-state index in [1.165, 1.54) is 22.7 Å². The maximum atomic E-state index is 13.5. The molecule has 0 unspecified atom stereocenters. The van der Waals surface area contributed by atoms with E-state index in [2.05, 4.69) is 10.1 Å². The van der Waals surface area contributed by atoms with Crippen molar-refractivity contribution in [1.82, 2.24) is 23.7 Å². The van der Waals surface area contributed by atoms with E-state index >= 15 is 0 Å². The smallest absolute Gasteiger partial charge is 0.275 e. The van der Waals surface area contributed by atoms with Gasteiger partial charge in [0.15, 0.2) is 0 Å². The maximum Gasteiger partial charge on any atom is 0.275 e. The molecule has 0 saturated carbocycles. The van der Waals surface area contributed by atoms with Gasteiger partial charge in [-0.15, -0.1) is 0 Å². The lowest BCUT2D eigenvalue weighted by molar-refractivity contribution is 0.151. The van der Waals surface area contributed by atoms with Gasteiger partial charge in [-0.25, -0.2) is 13.4 Å². The molecule has 0 radical (unpaired) electrons. The summed E-state index contributed by atoms with van der Waals surface area (Å²) in [4.78, 5) is 22.9. The summed E-state index contributed by atoms with van der Waals surface area (Å²) >= 11 is 0. The van der Waals surface area contributed by atoms with Gasteiger partial charge in [0.05, 0.1) is 35.6 Å². The van der Waals surface area contributed by atoms with Gasteiger partial charge in [-0.05, 0) is 31.5 Å². The number of H-pyrrole nitrogens is 1. The van der Waals surface area contributed by atoms with Gasteiger partial charge in [0.1, 0.15) is 22.6 Å². The molecule has 1 fully saturated rings. The molecule has 0 spiro atoms. The number of hydrogen-bond acceptors (Lipinski definition) is 9. The fraction of sp³-hybridized carbons (Fsp3) is 0.480. The Hall–Kier alpha value is -3.26. The zero-order valence-electron chi connectivity index (χ0n) is 21.8. The number of ether oxygens (including phenoxy) is 1. The topological polar surface area (TPSA) is 153 Å². The van der Waals surface area contributed by atoms with Crippen molar-refractivity contribution in [2.75, 3.05) is 45.9 Å². The van der Waals surface area contributed by atoms with Crippen LogP contribution in [-0.2, 0) is 23.5 Å². The number of benzene rings is 1. The molecule has 2 aromatic heterocycles. The van der Waals surface area contributed by atoms with Crippen molar-refractivity contribution in [3.8, 4) is 17.1 Å². The number of aryl methyl sites for hydroxylation is 2. The lowest BCUT2D eigenvalue weighted by Crippen LogP contribution is -2.49. The number of sulfonamides is 1. The molecule has 1 saturated heterocycles. The first kappa shape index (κ1) is 27.8. The summed E-state index contributed by atoms with van der Waals surface area (Å²) < 4.78 is 35.9. The maximum absolute atomic E-state index is 13.5. The molecular formula is C25H34N6O6S. The summed E-state index contributed by atoms with van der Waals surface area (Å²) in [6.45, 7) is 6.37. The fourth-order valence-corrected chi connectivity index (χ4v) is 6.34. The van der Waals surface area contributed by atoms with Gasteiger partial charge in [-0.2, -0.15) is 4.31 Å². The second-order valence-electron chi connectivity index (χ2n) is 9.09. The van der Waals surface area contributed by atoms with Crippen LogP contribution in [0.15, 0.2) is 33.0 Å². The minimum absolute atomic E-state index is 0.0280. The molecule has 3 heterocycles. The van der Waals surface area contributed by atoms with Crippen LogP contribution in [0.1, 0.15) is 31.5 Å². The third kappa shape index (κ3) is 5.19. The highest BCUT2D eigenvalue weighted by Crippen LogP contribution is 2.33. The van der Waals surface area contributed by atoms with E-state index in [9.17, 15) is 23.5 Å². The van der Waals surface area contributed by atoms with Gasteiger partial charge >= 0.3 is 0 Å². The molecule has 0 amide bonds. The molecule has 3 aromatic rings. The lowest BCUT2D eigenvalue weighted by Gasteiger charge is -2.33. The largest absolute Gasteiger partial charge is 0.493 e. The molecule has 38 heavy (non-hydrogen) atoms. The molecule has 0 aliphatic carbocycles. The molecule has 1 aliphatic heterocycles. The molecule has 12 nitrogen and oxygen atoms in total. The molecule has 0 atom stereocenters. The number of aromatic nitrogens is 3. The highest BCUT2D eigenvalue weighted by molar-refractivity contribution is 7.89. The van der Waals surface area contributed by atoms with Crippen LogP contribution in [-0.4, -0.2) is 94.6 Å². The van der Waals surface area contributed by atoms with Crippen LogP contribution in [0.3, 0.4) is 0 Å². The summed E-state index contributed by atoms with van der Waals surface area (Å²) in [5.41, 5.74) is 2.07. The third-order valence-corrected chi connectivity index (χ3v) is 8.65. The lowest BCUT2D eigenvalue weighted by atomic mass is 10.1. The van der Waals surface area contributed by atoms with E-state index in [0.29, 0.717) is 73.8 Å². The van der Waals surface area contributed by atoms with Crippen LogP contribution in [0.4, 0.5) is 0 Å². The Bertz CT molecular complexity index is 1490. The van der Waals surface area contributed by atoms with E-state index in [1.54, 1.807) is 17.7 Å². The van der Waals surface area contributed by atoms with Crippen molar-refractivity contribution in [2.24, 2.45) is 12.2 Å². The molecule has 4 rings (SSSR count). The number of aliphatic hydroxyl groups is 1. The van der Waals surface area contributed by atoms with Crippen LogP contribution < -0.4 is 10.3 Å². The fourth-order valence-electron chi connectivity index (χ4n) is 4.90. The number of nitrogens with zero attached hydrogens (tertiary/aromatic N) is 5. The van der Waals surface area contributed by atoms with Crippen molar-refractivity contribution in [2.45, 2.75) is 31.6 Å². The van der Waals surface area contributed by atoms with Gasteiger partial charge in [0, 0.05) is 45.3 Å². The van der Waals surface area contributed by atoms with Gasteiger partial charge < -0.3 is 24.6 Å². The van der Waals surface area contributed by atoms with Crippen LogP contribution >= 0.6 is 0 Å². The molecule has 1 aromatic carbocycles. The van der Waals surface area contributed by atoms with Crippen LogP contribution in [0, 0.1) is 0 Å². The van der Waals surface area contributed by atoms with Gasteiger partial charge in [0.25, 0.3) is 5.56 Å². The summed E-state index contributed by atoms with van der Waals surface area (Å²) in [6.07, 6.45) is 2.66. The molecule has 0 bridgehead atoms. The number of hydrogen-bond donors (Lipinski definition) is 3. The number of oxime groups is 1. The number of fused-ring (bicyclic) bond motifs is 1. The highest BCUT2D eigenvalue weighted by Gasteiger charge is 2.30. The second kappa shape index (κ2) is 11.6. The van der Waals surface area contributed by atoms with Crippen LogP contribution in [0.25, 0.3) is 22.4 Å². The quantitative estimate of drug-likeness (QED) is 0.196. The Balaban J connectivity index is 1.83. The predicted molar refractivity (Wildman–Crippen MR) is 144 cm³/mol. The predicted octanol–water partition coefficient (Wildman–Crippen LogP) is 1.39. The van der Waals surface area contributed by atoms with Crippen molar-refractivity contribution in [3.63, 3.8) is 0 Å². The SMILES string of the molecule is CCCc1c(C=NO)n(C)c2c(=O)[nH]c(-c3cc(S(=O)(=O)N4CCN(CCO)CC4)ccc3OCC)nc12. The Kier molecular flexibility index (Phi) is 8.51. The first-order chi connectivity index (χ1) is 18.3. The highest BCUT2D eigenvalue weighted by atomic mass is 32.2. The minimum Gasteiger partial charge on any atom is -0.493 e. The second-order valence-corrected chi connectivity index (χ2v) is 11.0. The third-order valence-electron chi connectivity index (χ3n) is 6.76. The number of β-amino-alcohol motifs (C(OH)–C–C–N with tert-alkyl or cyclic N) is 1. The van der Waals surface area contributed by atoms with E-state index in [-0.39, 0.29) is 17.3 Å². The monoisotopic (exact) mass is 546 g/mol. The summed E-state index contributed by atoms with van der Waals surface area (Å²) in [5.74, 6) is 0.582. The van der Waals surface area contributed by atoms with E-state index in [1.807, 2.05) is 18.7 Å². The first-order valence-electron chi connectivity index (χ1n) is 12.7. The summed E-state index contributed by atoms with van der Waals surface area (Å²) in [6, 6.07) is 4.57. The van der Waals surface area contributed by atoms with Crippen molar-refractivity contribution in [1.29, 1.82) is 0 Å².